The number of carbonyl (C=O) groups is 1. The van der Waals surface area contributed by atoms with Gasteiger partial charge in [0.05, 0.1) is 11.1 Å². The molecule has 0 bridgehead atoms. The van der Waals surface area contributed by atoms with Gasteiger partial charge in [-0.2, -0.15) is 0 Å². The number of imidazole rings is 1. The molecule has 0 amide bonds. The number of ketones is 1. The fourth-order valence-electron chi connectivity index (χ4n) is 1.44. The van der Waals surface area contributed by atoms with Crippen LogP contribution in [0.5, 0.6) is 0 Å². The van der Waals surface area contributed by atoms with Crippen molar-refractivity contribution >= 4 is 28.7 Å². The van der Waals surface area contributed by atoms with Crippen LogP contribution in [0.25, 0.3) is 5.65 Å². The van der Waals surface area contributed by atoms with Crippen LogP contribution >= 0.6 is 11.6 Å². The predicted molar refractivity (Wildman–Crippen MR) is 56.9 cm³/mol. The van der Waals surface area contributed by atoms with E-state index in [0.29, 0.717) is 0 Å². The summed E-state index contributed by atoms with van der Waals surface area (Å²) in [5, 5.41) is 10.8. The first-order valence-corrected chi connectivity index (χ1v) is 4.71. The van der Waals surface area contributed by atoms with Crippen molar-refractivity contribution in [1.29, 1.82) is 0 Å². The van der Waals surface area contributed by atoms with E-state index in [4.69, 9.17) is 11.6 Å². The number of carbonyl (C=O) groups excluding carboxylic acids is 1. The van der Waals surface area contributed by atoms with Crippen molar-refractivity contribution in [2.45, 2.75) is 6.92 Å². The van der Waals surface area contributed by atoms with Crippen molar-refractivity contribution in [3.05, 3.63) is 39.3 Å². The fourth-order valence-corrected chi connectivity index (χ4v) is 1.65. The Kier molecular flexibility index (Phi) is 2.35. The van der Waals surface area contributed by atoms with Gasteiger partial charge in [-0.05, 0) is 6.07 Å². The molecule has 2 aromatic heterocycles. The Balaban J connectivity index is 2.86. The van der Waals surface area contributed by atoms with E-state index in [-0.39, 0.29) is 27.8 Å². The third kappa shape index (κ3) is 1.43. The molecule has 7 heteroatoms. The van der Waals surface area contributed by atoms with E-state index in [2.05, 4.69) is 4.98 Å². The van der Waals surface area contributed by atoms with Crippen LogP contribution in [0.4, 0.5) is 5.69 Å². The van der Waals surface area contributed by atoms with Crippen LogP contribution in [0.3, 0.4) is 0 Å². The van der Waals surface area contributed by atoms with Gasteiger partial charge in [0.2, 0.25) is 5.65 Å². The number of hydrogen-bond donors (Lipinski definition) is 0. The molecule has 0 aliphatic carbocycles. The summed E-state index contributed by atoms with van der Waals surface area (Å²) in [6, 6.07) is 1.36. The average Bonchev–Trinajstić information content (AvgIpc) is 2.59. The maximum absolute atomic E-state index is 11.2. The second-order valence-electron chi connectivity index (χ2n) is 3.16. The number of aromatic nitrogens is 2. The zero-order valence-corrected chi connectivity index (χ0v) is 8.93. The van der Waals surface area contributed by atoms with Gasteiger partial charge in [-0.25, -0.2) is 4.98 Å². The summed E-state index contributed by atoms with van der Waals surface area (Å²) in [5.74, 6) is -0.218. The van der Waals surface area contributed by atoms with E-state index in [1.165, 1.54) is 29.8 Å². The minimum absolute atomic E-state index is 0.00166. The maximum atomic E-state index is 11.2. The molecule has 0 aliphatic rings. The van der Waals surface area contributed by atoms with Crippen LogP contribution in [0, 0.1) is 10.1 Å². The minimum Gasteiger partial charge on any atom is -0.293 e. The summed E-state index contributed by atoms with van der Waals surface area (Å²) in [7, 11) is 0. The summed E-state index contributed by atoms with van der Waals surface area (Å²) in [4.78, 5) is 25.2. The Morgan fingerprint density at radius 1 is 1.62 bits per heavy atom. The summed E-state index contributed by atoms with van der Waals surface area (Å²) >= 11 is 5.71. The average molecular weight is 240 g/mol. The summed E-state index contributed by atoms with van der Waals surface area (Å²) < 4.78 is 1.35. The molecule has 0 saturated heterocycles. The molecule has 2 heterocycles. The molecule has 2 rings (SSSR count). The van der Waals surface area contributed by atoms with E-state index in [1.807, 2.05) is 0 Å². The van der Waals surface area contributed by atoms with Crippen LogP contribution in [0.15, 0.2) is 18.5 Å². The second kappa shape index (κ2) is 3.57. The summed E-state index contributed by atoms with van der Waals surface area (Å²) in [6.45, 7) is 1.36. The van der Waals surface area contributed by atoms with Crippen LogP contribution < -0.4 is 0 Å². The molecular weight excluding hydrogens is 234 g/mol. The molecule has 0 saturated carbocycles. The number of pyridine rings is 1. The third-order valence-electron chi connectivity index (χ3n) is 2.15. The van der Waals surface area contributed by atoms with E-state index in [1.54, 1.807) is 0 Å². The van der Waals surface area contributed by atoms with Gasteiger partial charge in [-0.15, -0.1) is 0 Å². The summed E-state index contributed by atoms with van der Waals surface area (Å²) in [6.07, 6.45) is 2.77. The lowest BCUT2D eigenvalue weighted by Gasteiger charge is -1.99. The molecule has 0 unspecified atom stereocenters. The number of rotatable bonds is 2. The van der Waals surface area contributed by atoms with Gasteiger partial charge in [0.15, 0.2) is 5.78 Å². The predicted octanol–water partition coefficient (Wildman–Crippen LogP) is 2.10. The highest BCUT2D eigenvalue weighted by molar-refractivity contribution is 6.33. The van der Waals surface area contributed by atoms with Crippen molar-refractivity contribution in [3.8, 4) is 0 Å². The molecule has 0 radical (unpaired) electrons. The Bertz CT molecular complexity index is 605. The Morgan fingerprint density at radius 3 is 2.88 bits per heavy atom. The van der Waals surface area contributed by atoms with Gasteiger partial charge < -0.3 is 0 Å². The first-order valence-electron chi connectivity index (χ1n) is 4.33. The first kappa shape index (κ1) is 10.6. The van der Waals surface area contributed by atoms with Gasteiger partial charge >= 0.3 is 5.69 Å². The van der Waals surface area contributed by atoms with E-state index >= 15 is 0 Å². The molecule has 0 aromatic carbocycles. The van der Waals surface area contributed by atoms with Gasteiger partial charge in [0.1, 0.15) is 10.7 Å². The highest BCUT2D eigenvalue weighted by Crippen LogP contribution is 2.28. The SMILES string of the molecule is CC(=O)c1cnc2c([N+](=O)[O-])c(Cl)ccn12. The quantitative estimate of drug-likeness (QED) is 0.457. The van der Waals surface area contributed by atoms with Crippen molar-refractivity contribution in [3.63, 3.8) is 0 Å². The molecule has 0 spiro atoms. The smallest absolute Gasteiger partial charge is 0.293 e. The van der Waals surface area contributed by atoms with Gasteiger partial charge in [0, 0.05) is 13.1 Å². The van der Waals surface area contributed by atoms with Crippen molar-refractivity contribution < 1.29 is 9.72 Å². The van der Waals surface area contributed by atoms with Crippen molar-refractivity contribution in [2.75, 3.05) is 0 Å². The van der Waals surface area contributed by atoms with Crippen molar-refractivity contribution in [2.24, 2.45) is 0 Å². The number of Topliss-reactive ketones (excluding diaryl/α,β-unsaturated/α-hetero) is 1. The highest BCUT2D eigenvalue weighted by Gasteiger charge is 2.21. The second-order valence-corrected chi connectivity index (χ2v) is 3.57. The lowest BCUT2D eigenvalue weighted by atomic mass is 10.3. The molecule has 2 aromatic rings. The molecular formula is C9H6ClN3O3. The van der Waals surface area contributed by atoms with Gasteiger partial charge in [-0.3, -0.25) is 19.3 Å². The largest absolute Gasteiger partial charge is 0.330 e. The number of nitro groups is 1. The lowest BCUT2D eigenvalue weighted by Crippen LogP contribution is -2.00. The summed E-state index contributed by atoms with van der Waals surface area (Å²) in [5.41, 5.74) is 0.0640. The van der Waals surface area contributed by atoms with Crippen LogP contribution in [-0.2, 0) is 0 Å². The van der Waals surface area contributed by atoms with E-state index in [0.717, 1.165) is 0 Å². The fraction of sp³-hybridized carbons (Fsp3) is 0.111. The monoisotopic (exact) mass is 239 g/mol. The number of hydrogen-bond acceptors (Lipinski definition) is 4. The molecule has 6 nitrogen and oxygen atoms in total. The van der Waals surface area contributed by atoms with Crippen LogP contribution in [0.2, 0.25) is 5.02 Å². The number of nitrogens with zero attached hydrogens (tertiary/aromatic N) is 3. The Labute approximate surface area is 94.6 Å². The standard InChI is InChI=1S/C9H6ClN3O3/c1-5(14)7-4-11-9-8(13(15)16)6(10)2-3-12(7)9/h2-4H,1H3. The molecule has 0 atom stereocenters. The zero-order chi connectivity index (χ0) is 11.9. The normalized spacial score (nSPS) is 10.6. The van der Waals surface area contributed by atoms with Gasteiger partial charge in [-0.1, -0.05) is 11.6 Å². The van der Waals surface area contributed by atoms with Crippen molar-refractivity contribution in [1.82, 2.24) is 9.38 Å². The zero-order valence-electron chi connectivity index (χ0n) is 8.18. The minimum atomic E-state index is -0.616. The van der Waals surface area contributed by atoms with Crippen LogP contribution in [-0.4, -0.2) is 20.1 Å². The third-order valence-corrected chi connectivity index (χ3v) is 2.45. The first-order chi connectivity index (χ1) is 7.52. The molecule has 82 valence electrons. The molecule has 16 heavy (non-hydrogen) atoms. The Hall–Kier alpha value is -1.95. The van der Waals surface area contributed by atoms with Crippen LogP contribution in [0.1, 0.15) is 17.4 Å². The van der Waals surface area contributed by atoms with E-state index in [9.17, 15) is 14.9 Å². The molecule has 0 N–H and O–H groups in total. The Morgan fingerprint density at radius 2 is 2.31 bits per heavy atom. The molecule has 0 fully saturated rings. The number of halogens is 1. The maximum Gasteiger partial charge on any atom is 0.330 e. The highest BCUT2D eigenvalue weighted by atomic mass is 35.5. The number of fused-ring (bicyclic) bond motifs is 1. The van der Waals surface area contributed by atoms with E-state index < -0.39 is 4.92 Å². The van der Waals surface area contributed by atoms with Gasteiger partial charge in [0.25, 0.3) is 0 Å². The molecule has 0 aliphatic heterocycles. The lowest BCUT2D eigenvalue weighted by molar-refractivity contribution is -0.383. The topological polar surface area (TPSA) is 77.5 Å².